The first kappa shape index (κ1) is 45.4. The van der Waals surface area contributed by atoms with Gasteiger partial charge in [0.25, 0.3) is 0 Å². The summed E-state index contributed by atoms with van der Waals surface area (Å²) in [6, 6.07) is 46.8. The van der Waals surface area contributed by atoms with E-state index in [1.807, 2.05) is 6.20 Å². The summed E-state index contributed by atoms with van der Waals surface area (Å²) in [4.78, 5) is 10.7. The summed E-state index contributed by atoms with van der Waals surface area (Å²) in [5, 5.41) is 12.3. The normalized spacial score (nSPS) is 13.1. The van der Waals surface area contributed by atoms with E-state index in [1.165, 1.54) is 53.3 Å². The van der Waals surface area contributed by atoms with E-state index >= 15 is 0 Å². The number of aromatic hydroxyl groups is 1. The van der Waals surface area contributed by atoms with Crippen LogP contribution in [0.2, 0.25) is 0 Å². The molecule has 0 unspecified atom stereocenters. The van der Waals surface area contributed by atoms with Gasteiger partial charge in [0.05, 0.1) is 0 Å². The third kappa shape index (κ3) is 9.06. The molecule has 0 spiro atoms. The number of phenolic OH excluding ortho intramolecular Hbond substituents is 1. The van der Waals surface area contributed by atoms with Crippen molar-refractivity contribution in [3.8, 4) is 61.5 Å². The Morgan fingerprint density at radius 1 is 0.484 bits per heavy atom. The van der Waals surface area contributed by atoms with Crippen LogP contribution in [0.15, 0.2) is 139 Å². The van der Waals surface area contributed by atoms with Crippen LogP contribution in [0.25, 0.3) is 55.8 Å². The summed E-state index contributed by atoms with van der Waals surface area (Å²) in [5.41, 5.74) is 19.4. The number of hydrogen-bond acceptors (Lipinski definition) is 3. The molecule has 7 aromatic rings. The number of rotatable bonds is 8. The molecule has 0 saturated heterocycles. The maximum absolute atomic E-state index is 12.3. The van der Waals surface area contributed by atoms with Crippen LogP contribution >= 0.6 is 0 Å². The van der Waals surface area contributed by atoms with Crippen molar-refractivity contribution in [2.45, 2.75) is 118 Å². The van der Waals surface area contributed by atoms with Crippen LogP contribution in [0.4, 0.5) is 5.69 Å². The first-order chi connectivity index (χ1) is 30.2. The van der Waals surface area contributed by atoms with Gasteiger partial charge in [0.2, 0.25) is 0 Å². The summed E-state index contributed by atoms with van der Waals surface area (Å²) in [5.74, 6) is 0.970. The number of fused-ring (bicyclic) bond motifs is 1. The Bertz CT molecular complexity index is 2870. The van der Waals surface area contributed by atoms with Crippen molar-refractivity contribution in [1.29, 1.82) is 0 Å². The predicted octanol–water partition coefficient (Wildman–Crippen LogP) is 15.7. The van der Waals surface area contributed by atoms with E-state index in [1.54, 1.807) is 0 Å². The topological polar surface area (TPSA) is 45.5 Å². The molecule has 2 heterocycles. The molecule has 6 aromatic carbocycles. The Hall–Kier alpha value is -5.18. The molecule has 8 rings (SSSR count). The number of pyridine rings is 1. The number of phenols is 1. The molecule has 1 aliphatic heterocycles. The third-order valence-electron chi connectivity index (χ3n) is 12.7. The first-order valence-corrected chi connectivity index (χ1v) is 26.4. The Balaban J connectivity index is 1.41. The summed E-state index contributed by atoms with van der Waals surface area (Å²) >= 11 is -1.78. The van der Waals surface area contributed by atoms with Gasteiger partial charge in [-0.15, -0.1) is 0 Å². The maximum atomic E-state index is 12.3. The van der Waals surface area contributed by atoms with Gasteiger partial charge in [-0.05, 0) is 0 Å². The zero-order chi connectivity index (χ0) is 45.9. The van der Waals surface area contributed by atoms with E-state index in [0.717, 1.165) is 48.2 Å². The Kier molecular flexibility index (Phi) is 12.3. The van der Waals surface area contributed by atoms with E-state index in [2.05, 4.69) is 217 Å². The van der Waals surface area contributed by atoms with E-state index < -0.39 is 23.2 Å². The van der Waals surface area contributed by atoms with Gasteiger partial charge in [-0.3, -0.25) is 0 Å². The molecule has 0 amide bonds. The molecular formula is C60H64BiN2O. The fourth-order valence-electron chi connectivity index (χ4n) is 8.88. The number of nitrogens with zero attached hydrogens (tertiary/aromatic N) is 2. The number of aliphatic imine (C=N–C) groups is 1. The molecule has 1 radical (unpaired) electrons. The van der Waals surface area contributed by atoms with Gasteiger partial charge in [-0.25, -0.2) is 0 Å². The molecule has 0 aliphatic carbocycles. The van der Waals surface area contributed by atoms with Crippen molar-refractivity contribution in [2.75, 3.05) is 0 Å². The molecule has 0 bridgehead atoms. The van der Waals surface area contributed by atoms with Crippen LogP contribution in [0.1, 0.15) is 135 Å². The van der Waals surface area contributed by atoms with Crippen LogP contribution < -0.4 is 3.27 Å². The molecule has 0 fully saturated rings. The van der Waals surface area contributed by atoms with Crippen LogP contribution in [0.3, 0.4) is 0 Å². The quantitative estimate of drug-likeness (QED) is 0.154. The number of hydrogen-bond donors (Lipinski definition) is 1. The van der Waals surface area contributed by atoms with Crippen LogP contribution in [-0.4, -0.2) is 36.7 Å². The van der Waals surface area contributed by atoms with Crippen molar-refractivity contribution in [1.82, 2.24) is 4.98 Å². The second-order valence-corrected chi connectivity index (χ2v) is 25.6. The van der Waals surface area contributed by atoms with Crippen molar-refractivity contribution >= 4 is 35.6 Å². The summed E-state index contributed by atoms with van der Waals surface area (Å²) < 4.78 is 2.47. The first-order valence-electron chi connectivity index (χ1n) is 23.0. The van der Waals surface area contributed by atoms with E-state index in [4.69, 9.17) is 9.98 Å². The van der Waals surface area contributed by atoms with Gasteiger partial charge < -0.3 is 0 Å². The van der Waals surface area contributed by atoms with Gasteiger partial charge >= 0.3 is 391 Å². The molecule has 0 saturated carbocycles. The van der Waals surface area contributed by atoms with Crippen molar-refractivity contribution < 1.29 is 5.11 Å². The second-order valence-electron chi connectivity index (χ2n) is 21.4. The molecule has 0 atom stereocenters. The zero-order valence-corrected chi connectivity index (χ0v) is 43.6. The molecule has 1 aromatic heterocycles. The van der Waals surface area contributed by atoms with E-state index in [0.29, 0.717) is 17.6 Å². The third-order valence-corrected chi connectivity index (χ3v) is 17.5. The van der Waals surface area contributed by atoms with Gasteiger partial charge in [0.15, 0.2) is 0 Å². The van der Waals surface area contributed by atoms with Crippen LogP contribution in [0, 0.1) is 0 Å². The molecular weight excluding hydrogens is 974 g/mol. The zero-order valence-electron chi connectivity index (χ0n) is 40.1. The van der Waals surface area contributed by atoms with Crippen molar-refractivity contribution in [3.63, 3.8) is 0 Å². The predicted molar refractivity (Wildman–Crippen MR) is 275 cm³/mol. The number of benzene rings is 6. The Morgan fingerprint density at radius 2 is 1.03 bits per heavy atom. The molecule has 1 N–H and O–H groups in total. The monoisotopic (exact) mass is 1040 g/mol. The molecule has 325 valence electrons. The molecule has 64 heavy (non-hydrogen) atoms. The minimum atomic E-state index is -1.78. The minimum absolute atomic E-state index is 0.106. The summed E-state index contributed by atoms with van der Waals surface area (Å²) in [7, 11) is 0. The van der Waals surface area contributed by atoms with E-state index in [-0.39, 0.29) is 16.2 Å². The summed E-state index contributed by atoms with van der Waals surface area (Å²) in [6.07, 6.45) is 1.93. The average molecular weight is 1040 g/mol. The van der Waals surface area contributed by atoms with Gasteiger partial charge in [-0.2, -0.15) is 0 Å². The van der Waals surface area contributed by atoms with Gasteiger partial charge in [0, 0.05) is 0 Å². The Labute approximate surface area is 394 Å². The summed E-state index contributed by atoms with van der Waals surface area (Å²) in [6.45, 7) is 29.6. The van der Waals surface area contributed by atoms with Crippen molar-refractivity contribution in [3.05, 3.63) is 167 Å². The van der Waals surface area contributed by atoms with Crippen LogP contribution in [-0.2, 0) is 16.2 Å². The van der Waals surface area contributed by atoms with Crippen molar-refractivity contribution in [2.24, 2.45) is 4.99 Å². The molecule has 4 heteroatoms. The van der Waals surface area contributed by atoms with Gasteiger partial charge in [-0.1, -0.05) is 6.07 Å². The average Bonchev–Trinajstić information content (AvgIpc) is 3.70. The SMILES string of the molecule is CC(C)c1cc(-c2ccccc2)cc(C(C)C)c1-c1ccc(-c2cc(-c3cc(-c4ccccc4)ccn3)cc(C(C)(C)C)c2)c2[c]1[Bi][C](c1cc(C(C)(C)C)cc(C(C)(C)C)c1O)=N2. The fraction of sp³-hybridized carbons (Fsp3) is 0.300. The molecule has 1 aliphatic rings. The van der Waals surface area contributed by atoms with E-state index in [9.17, 15) is 5.11 Å². The molecule has 3 nitrogen and oxygen atoms in total. The fourth-order valence-corrected chi connectivity index (χ4v) is 13.7. The second kappa shape index (κ2) is 17.3. The van der Waals surface area contributed by atoms with Crippen LogP contribution in [0.5, 0.6) is 5.75 Å². The standard InChI is InChI=1S/C60H64N2O.Bi/c1-38(2)51-32-44(41-22-18-15-19-23-41)33-52(39(3)4)56(51)43-24-25-50(55(35-43)62-37-47-31-49(59(8,9)10)36-53(57(47)63)60(11,12)13)45-28-46(30-48(29-45)58(5,6)7)54-34-42(26-27-61-54)40-20-16-14-17-21-40;/h14-34,36,38-39,63H,1-13H3;. The Morgan fingerprint density at radius 3 is 1.59 bits per heavy atom. The number of aromatic nitrogens is 1. The van der Waals surface area contributed by atoms with Gasteiger partial charge in [0.1, 0.15) is 0 Å².